The van der Waals surface area contributed by atoms with Crippen LogP contribution in [0, 0.1) is 13.8 Å². The second-order valence-electron chi connectivity index (χ2n) is 3.27. The average Bonchev–Trinajstić information content (AvgIpc) is 2.03. The standard InChI is InChI=1S/C11H16S2/c1-9-5-10(2)7-11(6-9)8-13-4-3-12/h5-7,12H,3-4,8H2,1-2H3. The summed E-state index contributed by atoms with van der Waals surface area (Å²) < 4.78 is 0. The molecule has 13 heavy (non-hydrogen) atoms. The van der Waals surface area contributed by atoms with Crippen LogP contribution in [0.5, 0.6) is 0 Å². The highest BCUT2D eigenvalue weighted by atomic mass is 32.2. The first-order valence-electron chi connectivity index (χ1n) is 4.48. The van der Waals surface area contributed by atoms with Crippen molar-refractivity contribution in [1.82, 2.24) is 0 Å². The average molecular weight is 212 g/mol. The van der Waals surface area contributed by atoms with Crippen LogP contribution in [-0.4, -0.2) is 11.5 Å². The smallest absolute Gasteiger partial charge is 0.0185 e. The highest BCUT2D eigenvalue weighted by molar-refractivity contribution is 7.99. The molecule has 0 spiro atoms. The van der Waals surface area contributed by atoms with Crippen molar-refractivity contribution in [3.05, 3.63) is 34.9 Å². The van der Waals surface area contributed by atoms with E-state index in [0.717, 1.165) is 17.3 Å². The van der Waals surface area contributed by atoms with E-state index in [-0.39, 0.29) is 0 Å². The second-order valence-corrected chi connectivity index (χ2v) is 4.82. The highest BCUT2D eigenvalue weighted by Crippen LogP contribution is 2.15. The van der Waals surface area contributed by atoms with Crippen molar-refractivity contribution in [2.45, 2.75) is 19.6 Å². The van der Waals surface area contributed by atoms with Gasteiger partial charge in [-0.3, -0.25) is 0 Å². The Labute approximate surface area is 90.5 Å². The molecule has 72 valence electrons. The fraction of sp³-hybridized carbons (Fsp3) is 0.455. The maximum Gasteiger partial charge on any atom is 0.0185 e. The third-order valence-corrected chi connectivity index (χ3v) is 3.34. The zero-order chi connectivity index (χ0) is 9.68. The van der Waals surface area contributed by atoms with Crippen molar-refractivity contribution in [2.75, 3.05) is 11.5 Å². The van der Waals surface area contributed by atoms with E-state index < -0.39 is 0 Å². The lowest BCUT2D eigenvalue weighted by Gasteiger charge is -2.03. The van der Waals surface area contributed by atoms with Gasteiger partial charge in [-0.25, -0.2) is 0 Å². The van der Waals surface area contributed by atoms with Gasteiger partial charge in [-0.2, -0.15) is 24.4 Å². The summed E-state index contributed by atoms with van der Waals surface area (Å²) in [4.78, 5) is 0. The van der Waals surface area contributed by atoms with E-state index in [0.29, 0.717) is 0 Å². The molecule has 2 heteroatoms. The molecule has 0 saturated carbocycles. The summed E-state index contributed by atoms with van der Waals surface area (Å²) in [7, 11) is 0. The molecule has 1 aromatic carbocycles. The van der Waals surface area contributed by atoms with Gasteiger partial charge in [-0.1, -0.05) is 29.3 Å². The summed E-state index contributed by atoms with van der Waals surface area (Å²) in [6, 6.07) is 6.74. The lowest BCUT2D eigenvalue weighted by atomic mass is 10.1. The molecule has 0 amide bonds. The Morgan fingerprint density at radius 3 is 2.31 bits per heavy atom. The molecule has 0 atom stereocenters. The minimum Gasteiger partial charge on any atom is -0.179 e. The number of aryl methyl sites for hydroxylation is 2. The van der Waals surface area contributed by atoms with Crippen LogP contribution in [0.4, 0.5) is 0 Å². The first-order valence-corrected chi connectivity index (χ1v) is 6.27. The van der Waals surface area contributed by atoms with Crippen molar-refractivity contribution >= 4 is 24.4 Å². The van der Waals surface area contributed by atoms with Crippen molar-refractivity contribution in [1.29, 1.82) is 0 Å². The fourth-order valence-electron chi connectivity index (χ4n) is 1.41. The first-order chi connectivity index (χ1) is 6.22. The molecule has 0 aliphatic heterocycles. The second kappa shape index (κ2) is 5.61. The van der Waals surface area contributed by atoms with E-state index in [4.69, 9.17) is 0 Å². The molecule has 0 aliphatic rings. The van der Waals surface area contributed by atoms with Crippen molar-refractivity contribution in [2.24, 2.45) is 0 Å². The van der Waals surface area contributed by atoms with E-state index in [1.807, 2.05) is 11.8 Å². The van der Waals surface area contributed by atoms with Gasteiger partial charge in [0.2, 0.25) is 0 Å². The van der Waals surface area contributed by atoms with Gasteiger partial charge in [0.05, 0.1) is 0 Å². The molecule has 0 fully saturated rings. The van der Waals surface area contributed by atoms with Crippen molar-refractivity contribution in [3.63, 3.8) is 0 Å². The monoisotopic (exact) mass is 212 g/mol. The number of thioether (sulfide) groups is 1. The van der Waals surface area contributed by atoms with Crippen LogP contribution in [0.3, 0.4) is 0 Å². The van der Waals surface area contributed by atoms with E-state index in [2.05, 4.69) is 44.7 Å². The number of hydrogen-bond donors (Lipinski definition) is 1. The van der Waals surface area contributed by atoms with Crippen LogP contribution in [0.1, 0.15) is 16.7 Å². The van der Waals surface area contributed by atoms with Gasteiger partial charge in [-0.15, -0.1) is 0 Å². The van der Waals surface area contributed by atoms with Crippen LogP contribution in [0.15, 0.2) is 18.2 Å². The van der Waals surface area contributed by atoms with Gasteiger partial charge in [0.15, 0.2) is 0 Å². The maximum atomic E-state index is 4.19. The number of thiol groups is 1. The van der Waals surface area contributed by atoms with Crippen LogP contribution in [-0.2, 0) is 5.75 Å². The van der Waals surface area contributed by atoms with E-state index in [1.54, 1.807) is 0 Å². The Morgan fingerprint density at radius 2 is 1.77 bits per heavy atom. The summed E-state index contributed by atoms with van der Waals surface area (Å²) in [6.45, 7) is 4.31. The topological polar surface area (TPSA) is 0 Å². The van der Waals surface area contributed by atoms with Crippen molar-refractivity contribution in [3.8, 4) is 0 Å². The Balaban J connectivity index is 2.56. The summed E-state index contributed by atoms with van der Waals surface area (Å²) in [5, 5.41) is 0. The summed E-state index contributed by atoms with van der Waals surface area (Å²) in [5.74, 6) is 3.22. The van der Waals surface area contributed by atoms with Crippen LogP contribution >= 0.6 is 24.4 Å². The minimum absolute atomic E-state index is 0.968. The molecule has 0 N–H and O–H groups in total. The van der Waals surface area contributed by atoms with Gasteiger partial charge in [-0.05, 0) is 25.2 Å². The van der Waals surface area contributed by atoms with Crippen LogP contribution in [0.2, 0.25) is 0 Å². The van der Waals surface area contributed by atoms with E-state index in [9.17, 15) is 0 Å². The van der Waals surface area contributed by atoms with Gasteiger partial charge >= 0.3 is 0 Å². The molecule has 0 aliphatic carbocycles. The molecule has 1 rings (SSSR count). The Bertz CT molecular complexity index is 249. The number of hydrogen-bond acceptors (Lipinski definition) is 2. The van der Waals surface area contributed by atoms with Gasteiger partial charge < -0.3 is 0 Å². The first kappa shape index (κ1) is 11.0. The van der Waals surface area contributed by atoms with Crippen LogP contribution in [0.25, 0.3) is 0 Å². The summed E-state index contributed by atoms with van der Waals surface area (Å²) in [6.07, 6.45) is 0. The molecule has 0 bridgehead atoms. The molecular weight excluding hydrogens is 196 g/mol. The molecule has 0 aromatic heterocycles. The lowest BCUT2D eigenvalue weighted by Crippen LogP contribution is -1.87. The predicted octanol–water partition coefficient (Wildman–Crippen LogP) is 3.47. The Kier molecular flexibility index (Phi) is 4.74. The third kappa shape index (κ3) is 4.10. The molecular formula is C11H16S2. The van der Waals surface area contributed by atoms with E-state index in [1.165, 1.54) is 16.7 Å². The molecule has 0 radical (unpaired) electrons. The highest BCUT2D eigenvalue weighted by Gasteiger charge is 1.95. The van der Waals surface area contributed by atoms with Gasteiger partial charge in [0.1, 0.15) is 0 Å². The van der Waals surface area contributed by atoms with Gasteiger partial charge in [0, 0.05) is 11.5 Å². The van der Waals surface area contributed by atoms with E-state index >= 15 is 0 Å². The SMILES string of the molecule is Cc1cc(C)cc(CSCCS)c1. The Hall–Kier alpha value is -0.0800. The largest absolute Gasteiger partial charge is 0.179 e. The summed E-state index contributed by atoms with van der Waals surface area (Å²) >= 11 is 6.13. The molecule has 1 aromatic rings. The van der Waals surface area contributed by atoms with Gasteiger partial charge in [0.25, 0.3) is 0 Å². The normalized spacial score (nSPS) is 10.4. The molecule has 0 saturated heterocycles. The fourth-order valence-corrected chi connectivity index (χ4v) is 2.47. The predicted molar refractivity (Wildman–Crippen MR) is 65.9 cm³/mol. The number of benzene rings is 1. The number of rotatable bonds is 4. The molecule has 0 heterocycles. The minimum atomic E-state index is 0.968. The third-order valence-electron chi connectivity index (χ3n) is 1.79. The molecule has 0 unspecified atom stereocenters. The zero-order valence-corrected chi connectivity index (χ0v) is 9.92. The lowest BCUT2D eigenvalue weighted by molar-refractivity contribution is 1.30. The maximum absolute atomic E-state index is 4.19. The van der Waals surface area contributed by atoms with Crippen molar-refractivity contribution < 1.29 is 0 Å². The van der Waals surface area contributed by atoms with Crippen LogP contribution < -0.4 is 0 Å². The Morgan fingerprint density at radius 1 is 1.15 bits per heavy atom. The zero-order valence-electron chi connectivity index (χ0n) is 8.21. The summed E-state index contributed by atoms with van der Waals surface area (Å²) in [5.41, 5.74) is 4.16. The molecule has 0 nitrogen and oxygen atoms in total. The quantitative estimate of drug-likeness (QED) is 0.589.